The second-order valence-electron chi connectivity index (χ2n) is 4.96. The van der Waals surface area contributed by atoms with E-state index in [9.17, 15) is 0 Å². The van der Waals surface area contributed by atoms with Crippen LogP contribution in [0.15, 0.2) is 27.8 Å². The fourth-order valence-corrected chi connectivity index (χ4v) is 2.97. The Balaban J connectivity index is 2.18. The average molecular weight is 342 g/mol. The SMILES string of the molecule is COc1ccc(Br)c(CN2CCCCC2C(N)=NO)c1. The van der Waals surface area contributed by atoms with Crippen LogP contribution in [0.4, 0.5) is 0 Å². The van der Waals surface area contributed by atoms with Gasteiger partial charge in [-0.3, -0.25) is 4.90 Å². The van der Waals surface area contributed by atoms with Crippen molar-refractivity contribution in [1.82, 2.24) is 4.90 Å². The first-order valence-corrected chi connectivity index (χ1v) is 7.49. The molecular weight excluding hydrogens is 322 g/mol. The molecular formula is C14H20BrN3O2. The number of oxime groups is 1. The summed E-state index contributed by atoms with van der Waals surface area (Å²) in [6.45, 7) is 1.70. The molecule has 1 unspecified atom stereocenters. The van der Waals surface area contributed by atoms with Crippen LogP contribution < -0.4 is 10.5 Å². The maximum atomic E-state index is 8.91. The zero-order valence-electron chi connectivity index (χ0n) is 11.6. The van der Waals surface area contributed by atoms with Gasteiger partial charge in [-0.25, -0.2) is 0 Å². The number of hydrogen-bond donors (Lipinski definition) is 2. The molecule has 1 aromatic carbocycles. The number of benzene rings is 1. The van der Waals surface area contributed by atoms with E-state index >= 15 is 0 Å². The van der Waals surface area contributed by atoms with Crippen LogP contribution >= 0.6 is 15.9 Å². The minimum Gasteiger partial charge on any atom is -0.497 e. The van der Waals surface area contributed by atoms with E-state index in [-0.39, 0.29) is 6.04 Å². The Hall–Kier alpha value is -1.27. The summed E-state index contributed by atoms with van der Waals surface area (Å²) in [6.07, 6.45) is 3.17. The minimum atomic E-state index is 0.00634. The summed E-state index contributed by atoms with van der Waals surface area (Å²) < 4.78 is 6.31. The van der Waals surface area contributed by atoms with Crippen molar-refractivity contribution in [2.24, 2.45) is 10.9 Å². The van der Waals surface area contributed by atoms with Crippen LogP contribution in [0.2, 0.25) is 0 Å². The predicted molar refractivity (Wildman–Crippen MR) is 82.2 cm³/mol. The smallest absolute Gasteiger partial charge is 0.156 e. The van der Waals surface area contributed by atoms with Gasteiger partial charge in [-0.2, -0.15) is 0 Å². The van der Waals surface area contributed by atoms with Crippen LogP contribution in [0.1, 0.15) is 24.8 Å². The van der Waals surface area contributed by atoms with Crippen molar-refractivity contribution in [1.29, 1.82) is 0 Å². The molecule has 1 aliphatic heterocycles. The molecule has 0 aromatic heterocycles. The largest absolute Gasteiger partial charge is 0.497 e. The Kier molecular flexibility index (Phi) is 5.25. The lowest BCUT2D eigenvalue weighted by Crippen LogP contribution is -2.47. The Morgan fingerprint density at radius 3 is 3.05 bits per heavy atom. The molecule has 3 N–H and O–H groups in total. The summed E-state index contributed by atoms with van der Waals surface area (Å²) in [5, 5.41) is 12.1. The number of nitrogens with zero attached hydrogens (tertiary/aromatic N) is 2. The van der Waals surface area contributed by atoms with E-state index in [2.05, 4.69) is 26.0 Å². The Labute approximate surface area is 127 Å². The molecule has 110 valence electrons. The fraction of sp³-hybridized carbons (Fsp3) is 0.500. The van der Waals surface area contributed by atoms with Crippen molar-refractivity contribution in [3.63, 3.8) is 0 Å². The third-order valence-corrected chi connectivity index (χ3v) is 4.47. The van der Waals surface area contributed by atoms with E-state index < -0.39 is 0 Å². The van der Waals surface area contributed by atoms with Crippen molar-refractivity contribution in [3.8, 4) is 5.75 Å². The van der Waals surface area contributed by atoms with Crippen molar-refractivity contribution in [2.45, 2.75) is 31.8 Å². The van der Waals surface area contributed by atoms with Gasteiger partial charge in [0.05, 0.1) is 13.2 Å². The molecule has 5 nitrogen and oxygen atoms in total. The van der Waals surface area contributed by atoms with E-state index in [0.717, 1.165) is 48.1 Å². The summed E-state index contributed by atoms with van der Waals surface area (Å²) in [7, 11) is 1.66. The zero-order chi connectivity index (χ0) is 14.5. The minimum absolute atomic E-state index is 0.00634. The lowest BCUT2D eigenvalue weighted by Gasteiger charge is -2.35. The van der Waals surface area contributed by atoms with Crippen LogP contribution in [-0.4, -0.2) is 35.6 Å². The first-order valence-electron chi connectivity index (χ1n) is 6.69. The number of amidine groups is 1. The summed E-state index contributed by atoms with van der Waals surface area (Å²) >= 11 is 3.57. The lowest BCUT2D eigenvalue weighted by atomic mass is 10.0. The molecule has 20 heavy (non-hydrogen) atoms. The standard InChI is InChI=1S/C14H20BrN3O2/c1-20-11-5-6-12(15)10(8-11)9-18-7-3-2-4-13(18)14(16)17-19/h5-6,8,13,19H,2-4,7,9H2,1H3,(H2,16,17). The molecule has 0 spiro atoms. The lowest BCUT2D eigenvalue weighted by molar-refractivity contribution is 0.178. The fourth-order valence-electron chi connectivity index (χ4n) is 2.60. The molecule has 0 radical (unpaired) electrons. The number of likely N-dealkylation sites (tertiary alicyclic amines) is 1. The number of halogens is 1. The predicted octanol–water partition coefficient (Wildman–Crippen LogP) is 2.56. The Bertz CT molecular complexity index is 493. The van der Waals surface area contributed by atoms with Gasteiger partial charge in [-0.1, -0.05) is 27.5 Å². The van der Waals surface area contributed by atoms with Gasteiger partial charge >= 0.3 is 0 Å². The Morgan fingerprint density at radius 2 is 2.35 bits per heavy atom. The topological polar surface area (TPSA) is 71.1 Å². The maximum absolute atomic E-state index is 8.91. The highest BCUT2D eigenvalue weighted by atomic mass is 79.9. The number of rotatable bonds is 4. The van der Waals surface area contributed by atoms with Crippen LogP contribution in [0.5, 0.6) is 5.75 Å². The molecule has 6 heteroatoms. The third kappa shape index (κ3) is 3.43. The molecule has 1 aromatic rings. The second kappa shape index (κ2) is 6.95. The van der Waals surface area contributed by atoms with E-state index in [1.54, 1.807) is 7.11 Å². The van der Waals surface area contributed by atoms with Crippen LogP contribution in [0, 0.1) is 0 Å². The molecule has 1 saturated heterocycles. The summed E-state index contributed by atoms with van der Waals surface area (Å²) in [5.41, 5.74) is 6.95. The summed E-state index contributed by atoms with van der Waals surface area (Å²) in [6, 6.07) is 5.93. The normalized spacial score (nSPS) is 20.9. The highest BCUT2D eigenvalue weighted by Crippen LogP contribution is 2.26. The van der Waals surface area contributed by atoms with Gasteiger partial charge in [0.25, 0.3) is 0 Å². The number of piperidine rings is 1. The molecule has 1 heterocycles. The zero-order valence-corrected chi connectivity index (χ0v) is 13.1. The van der Waals surface area contributed by atoms with E-state index in [4.69, 9.17) is 15.7 Å². The van der Waals surface area contributed by atoms with Crippen molar-refractivity contribution in [3.05, 3.63) is 28.2 Å². The first-order chi connectivity index (χ1) is 9.65. The van der Waals surface area contributed by atoms with E-state index in [1.807, 2.05) is 18.2 Å². The molecule has 0 amide bonds. The highest BCUT2D eigenvalue weighted by molar-refractivity contribution is 9.10. The van der Waals surface area contributed by atoms with E-state index in [0.29, 0.717) is 5.84 Å². The number of methoxy groups -OCH3 is 1. The Morgan fingerprint density at radius 1 is 1.55 bits per heavy atom. The molecule has 1 atom stereocenters. The molecule has 0 bridgehead atoms. The van der Waals surface area contributed by atoms with Gasteiger partial charge in [0.2, 0.25) is 0 Å². The van der Waals surface area contributed by atoms with Crippen molar-refractivity contribution >= 4 is 21.8 Å². The molecule has 0 saturated carbocycles. The summed E-state index contributed by atoms with van der Waals surface area (Å²) in [5.74, 6) is 1.13. The first kappa shape index (κ1) is 15.1. The molecule has 1 aliphatic rings. The van der Waals surface area contributed by atoms with Crippen molar-refractivity contribution < 1.29 is 9.94 Å². The second-order valence-corrected chi connectivity index (χ2v) is 5.82. The average Bonchev–Trinajstić information content (AvgIpc) is 2.49. The molecule has 2 rings (SSSR count). The van der Waals surface area contributed by atoms with Crippen molar-refractivity contribution in [2.75, 3.05) is 13.7 Å². The summed E-state index contributed by atoms with van der Waals surface area (Å²) in [4.78, 5) is 2.25. The van der Waals surface area contributed by atoms with E-state index in [1.165, 1.54) is 0 Å². The maximum Gasteiger partial charge on any atom is 0.156 e. The third-order valence-electron chi connectivity index (χ3n) is 3.70. The molecule has 1 fully saturated rings. The number of ether oxygens (including phenoxy) is 1. The number of nitrogens with two attached hydrogens (primary N) is 1. The monoisotopic (exact) mass is 341 g/mol. The molecule has 0 aliphatic carbocycles. The van der Waals surface area contributed by atoms with Gasteiger partial charge in [-0.05, 0) is 43.1 Å². The van der Waals surface area contributed by atoms with Gasteiger partial charge in [-0.15, -0.1) is 0 Å². The van der Waals surface area contributed by atoms with Gasteiger partial charge in [0.1, 0.15) is 5.75 Å². The highest BCUT2D eigenvalue weighted by Gasteiger charge is 2.26. The van der Waals surface area contributed by atoms with Crippen LogP contribution in [-0.2, 0) is 6.54 Å². The van der Waals surface area contributed by atoms with Crippen LogP contribution in [0.25, 0.3) is 0 Å². The van der Waals surface area contributed by atoms with Crippen LogP contribution in [0.3, 0.4) is 0 Å². The number of hydrogen-bond acceptors (Lipinski definition) is 4. The van der Waals surface area contributed by atoms with Gasteiger partial charge in [0, 0.05) is 11.0 Å². The van der Waals surface area contributed by atoms with Gasteiger partial charge in [0.15, 0.2) is 5.84 Å². The quantitative estimate of drug-likeness (QED) is 0.382. The van der Waals surface area contributed by atoms with Gasteiger partial charge < -0.3 is 15.7 Å².